The second-order valence-corrected chi connectivity index (χ2v) is 12.9. The van der Waals surface area contributed by atoms with Crippen LogP contribution in [0.5, 0.6) is 0 Å². The zero-order chi connectivity index (χ0) is 14.0. The minimum Gasteiger partial charge on any atom is -0.411 e. The molecule has 0 aliphatic carbocycles. The topological polar surface area (TPSA) is 18.5 Å². The van der Waals surface area contributed by atoms with Gasteiger partial charge in [-0.25, -0.2) is 0 Å². The van der Waals surface area contributed by atoms with Crippen molar-refractivity contribution < 1.29 is 9.16 Å². The van der Waals surface area contributed by atoms with Crippen molar-refractivity contribution in [1.82, 2.24) is 0 Å². The van der Waals surface area contributed by atoms with Gasteiger partial charge in [0.15, 0.2) is 8.32 Å². The Kier molecular flexibility index (Phi) is 5.73. The van der Waals surface area contributed by atoms with Crippen LogP contribution in [0.2, 0.25) is 18.1 Å². The van der Waals surface area contributed by atoms with Crippen molar-refractivity contribution in [3.8, 4) is 0 Å². The van der Waals surface area contributed by atoms with Gasteiger partial charge in [0.2, 0.25) is 0 Å². The molecule has 18 heavy (non-hydrogen) atoms. The van der Waals surface area contributed by atoms with E-state index < -0.39 is 8.32 Å². The summed E-state index contributed by atoms with van der Waals surface area (Å²) in [5, 5.41) is 0.273. The maximum atomic E-state index is 6.62. The molecule has 0 radical (unpaired) electrons. The zero-order valence-corrected chi connectivity index (χ0v) is 16.0. The summed E-state index contributed by atoms with van der Waals surface area (Å²) in [6.45, 7) is 14.7. The monoisotopic (exact) mass is 384 g/mol. The van der Waals surface area contributed by atoms with Gasteiger partial charge in [-0.2, -0.15) is 0 Å². The molecule has 1 saturated heterocycles. The Morgan fingerprint density at radius 1 is 1.39 bits per heavy atom. The van der Waals surface area contributed by atoms with Gasteiger partial charge < -0.3 is 9.16 Å². The van der Waals surface area contributed by atoms with Crippen LogP contribution in [0.25, 0.3) is 0 Å². The van der Waals surface area contributed by atoms with Crippen molar-refractivity contribution >= 4 is 30.9 Å². The lowest BCUT2D eigenvalue weighted by atomic mass is 9.90. The fourth-order valence-electron chi connectivity index (χ4n) is 2.11. The van der Waals surface area contributed by atoms with Crippen LogP contribution in [-0.4, -0.2) is 31.1 Å². The molecule has 0 saturated carbocycles. The van der Waals surface area contributed by atoms with Crippen LogP contribution in [0.4, 0.5) is 0 Å². The van der Waals surface area contributed by atoms with E-state index in [0.717, 1.165) is 30.3 Å². The molecular weight excluding hydrogens is 355 g/mol. The first-order valence-electron chi connectivity index (χ1n) is 7.00. The minimum absolute atomic E-state index is 0.0744. The Hall–Kier alpha value is 0.867. The van der Waals surface area contributed by atoms with E-state index in [1.807, 2.05) is 0 Å². The van der Waals surface area contributed by atoms with Gasteiger partial charge in [0.05, 0.1) is 11.7 Å². The van der Waals surface area contributed by atoms with Crippen molar-refractivity contribution in [2.24, 2.45) is 0 Å². The minimum atomic E-state index is -1.69. The number of hydrogen-bond donors (Lipinski definition) is 0. The first-order chi connectivity index (χ1) is 8.12. The van der Waals surface area contributed by atoms with E-state index in [1.165, 1.54) is 0 Å². The highest BCUT2D eigenvalue weighted by atomic mass is 127. The SMILES string of the molecule is CC(C)(C)[Si](C)(C)O[C@@H]1CCCO[C@@]1(C)CCI. The van der Waals surface area contributed by atoms with Crippen molar-refractivity contribution in [1.29, 1.82) is 0 Å². The van der Waals surface area contributed by atoms with Gasteiger partial charge in [-0.1, -0.05) is 43.4 Å². The highest BCUT2D eigenvalue weighted by Gasteiger charge is 2.45. The van der Waals surface area contributed by atoms with Crippen LogP contribution in [0.15, 0.2) is 0 Å². The van der Waals surface area contributed by atoms with Gasteiger partial charge in [-0.05, 0) is 44.3 Å². The Morgan fingerprint density at radius 2 is 2.00 bits per heavy atom. The van der Waals surface area contributed by atoms with E-state index >= 15 is 0 Å². The van der Waals surface area contributed by atoms with Crippen molar-refractivity contribution in [2.45, 2.75) is 76.8 Å². The molecule has 2 nitrogen and oxygen atoms in total. The van der Waals surface area contributed by atoms with E-state index in [1.54, 1.807) is 0 Å². The average molecular weight is 384 g/mol. The molecule has 2 atom stereocenters. The number of ether oxygens (including phenoxy) is 1. The fraction of sp³-hybridized carbons (Fsp3) is 1.00. The van der Waals surface area contributed by atoms with Crippen LogP contribution in [0, 0.1) is 0 Å². The molecule has 0 spiro atoms. The second kappa shape index (κ2) is 6.10. The molecular formula is C14H29IO2Si. The molecule has 1 heterocycles. The van der Waals surface area contributed by atoms with Crippen LogP contribution in [0.3, 0.4) is 0 Å². The van der Waals surface area contributed by atoms with Crippen LogP contribution in [-0.2, 0) is 9.16 Å². The Bertz CT molecular complexity index is 271. The largest absolute Gasteiger partial charge is 0.411 e. The first-order valence-corrected chi connectivity index (χ1v) is 11.4. The molecule has 0 N–H and O–H groups in total. The molecule has 108 valence electrons. The number of hydrogen-bond acceptors (Lipinski definition) is 2. The molecule has 0 aromatic rings. The average Bonchev–Trinajstić information content (AvgIpc) is 2.20. The summed E-state index contributed by atoms with van der Waals surface area (Å²) in [5.74, 6) is 0. The standard InChI is InChI=1S/C14H29IO2Si/c1-13(2,3)18(5,6)17-12-8-7-11-16-14(12,4)9-10-15/h12H,7-11H2,1-6H3/t12-,14+/m1/s1. The van der Waals surface area contributed by atoms with Gasteiger partial charge in [-0.15, -0.1) is 0 Å². The quantitative estimate of drug-likeness (QED) is 0.395. The lowest BCUT2D eigenvalue weighted by molar-refractivity contribution is -0.138. The predicted molar refractivity (Wildman–Crippen MR) is 89.2 cm³/mol. The summed E-state index contributed by atoms with van der Waals surface area (Å²) in [5.41, 5.74) is -0.0744. The Balaban J connectivity index is 2.80. The lowest BCUT2D eigenvalue weighted by Gasteiger charge is -2.47. The van der Waals surface area contributed by atoms with E-state index in [-0.39, 0.29) is 16.7 Å². The fourth-order valence-corrected chi connectivity index (χ4v) is 4.61. The van der Waals surface area contributed by atoms with E-state index in [2.05, 4.69) is 63.4 Å². The smallest absolute Gasteiger partial charge is 0.192 e. The van der Waals surface area contributed by atoms with Crippen LogP contribution >= 0.6 is 22.6 Å². The summed E-state index contributed by atoms with van der Waals surface area (Å²) < 4.78 is 13.8. The van der Waals surface area contributed by atoms with Crippen LogP contribution < -0.4 is 0 Å². The molecule has 0 bridgehead atoms. The van der Waals surface area contributed by atoms with Crippen LogP contribution in [0.1, 0.15) is 47.0 Å². The molecule has 1 rings (SSSR count). The molecule has 0 unspecified atom stereocenters. The van der Waals surface area contributed by atoms with Gasteiger partial charge in [0.25, 0.3) is 0 Å². The predicted octanol–water partition coefficient (Wildman–Crippen LogP) is 4.77. The van der Waals surface area contributed by atoms with Gasteiger partial charge in [-0.3, -0.25) is 0 Å². The summed E-state index contributed by atoms with van der Waals surface area (Å²) in [6.07, 6.45) is 3.66. The Labute approximate surface area is 127 Å². The maximum absolute atomic E-state index is 6.62. The molecule has 0 amide bonds. The van der Waals surface area contributed by atoms with E-state index in [4.69, 9.17) is 9.16 Å². The molecule has 1 fully saturated rings. The molecule has 4 heteroatoms. The van der Waals surface area contributed by atoms with E-state index in [0.29, 0.717) is 0 Å². The molecule has 0 aromatic heterocycles. The van der Waals surface area contributed by atoms with Gasteiger partial charge in [0, 0.05) is 11.0 Å². The second-order valence-electron chi connectivity index (χ2n) is 7.11. The normalized spacial score (nSPS) is 30.5. The van der Waals surface area contributed by atoms with Crippen molar-refractivity contribution in [2.75, 3.05) is 11.0 Å². The third-order valence-electron chi connectivity index (χ3n) is 4.56. The van der Waals surface area contributed by atoms with Crippen molar-refractivity contribution in [3.63, 3.8) is 0 Å². The highest BCUT2D eigenvalue weighted by Crippen LogP contribution is 2.41. The molecule has 1 aliphatic heterocycles. The summed E-state index contributed by atoms with van der Waals surface area (Å²) in [6, 6.07) is 0. The third-order valence-corrected chi connectivity index (χ3v) is 9.58. The number of alkyl halides is 1. The maximum Gasteiger partial charge on any atom is 0.192 e. The van der Waals surface area contributed by atoms with Gasteiger partial charge >= 0.3 is 0 Å². The summed E-state index contributed by atoms with van der Waals surface area (Å²) in [4.78, 5) is 0. The van der Waals surface area contributed by atoms with Crippen molar-refractivity contribution in [3.05, 3.63) is 0 Å². The highest BCUT2D eigenvalue weighted by molar-refractivity contribution is 14.1. The summed E-state index contributed by atoms with van der Waals surface area (Å²) in [7, 11) is -1.69. The number of halogens is 1. The van der Waals surface area contributed by atoms with E-state index in [9.17, 15) is 0 Å². The summed E-state index contributed by atoms with van der Waals surface area (Å²) >= 11 is 2.44. The zero-order valence-electron chi connectivity index (χ0n) is 12.8. The van der Waals surface area contributed by atoms with Gasteiger partial charge in [0.1, 0.15) is 0 Å². The molecule has 1 aliphatic rings. The number of rotatable bonds is 4. The third kappa shape index (κ3) is 3.93. The lowest BCUT2D eigenvalue weighted by Crippen LogP contribution is -2.54. The molecule has 0 aromatic carbocycles. The first kappa shape index (κ1) is 16.9. The Morgan fingerprint density at radius 3 is 2.50 bits per heavy atom.